The second-order valence-corrected chi connectivity index (χ2v) is 5.60. The molecule has 0 saturated heterocycles. The number of hydrogen-bond acceptors (Lipinski definition) is 4. The van der Waals surface area contributed by atoms with Crippen molar-refractivity contribution in [3.63, 3.8) is 0 Å². The van der Waals surface area contributed by atoms with Crippen LogP contribution in [0, 0.1) is 5.82 Å². The SMILES string of the molecule is CCC(C(=O)NCc1nnc(-c2ccccc2)o1)c1ccc(F)cc1. The average Bonchev–Trinajstić information content (AvgIpc) is 3.12. The van der Waals surface area contributed by atoms with E-state index in [1.54, 1.807) is 12.1 Å². The van der Waals surface area contributed by atoms with Crippen molar-refractivity contribution in [3.05, 3.63) is 71.9 Å². The number of aromatic nitrogens is 2. The molecule has 3 aromatic rings. The van der Waals surface area contributed by atoms with Gasteiger partial charge in [-0.3, -0.25) is 4.79 Å². The van der Waals surface area contributed by atoms with Gasteiger partial charge < -0.3 is 9.73 Å². The Kier molecular flexibility index (Phi) is 5.18. The highest BCUT2D eigenvalue weighted by Gasteiger charge is 2.19. The molecule has 0 saturated carbocycles. The number of nitrogens with one attached hydrogen (secondary N) is 1. The van der Waals surface area contributed by atoms with Gasteiger partial charge in [-0.15, -0.1) is 10.2 Å². The van der Waals surface area contributed by atoms with Crippen molar-refractivity contribution in [2.45, 2.75) is 25.8 Å². The fraction of sp³-hybridized carbons (Fsp3) is 0.211. The Labute approximate surface area is 144 Å². The lowest BCUT2D eigenvalue weighted by atomic mass is 9.95. The molecule has 0 aliphatic carbocycles. The smallest absolute Gasteiger partial charge is 0.247 e. The predicted molar refractivity (Wildman–Crippen MR) is 91.0 cm³/mol. The Hall–Kier alpha value is -3.02. The van der Waals surface area contributed by atoms with E-state index in [4.69, 9.17) is 4.42 Å². The molecule has 25 heavy (non-hydrogen) atoms. The highest BCUT2D eigenvalue weighted by atomic mass is 19.1. The molecular formula is C19H18FN3O2. The summed E-state index contributed by atoms with van der Waals surface area (Å²) in [4.78, 5) is 12.4. The summed E-state index contributed by atoms with van der Waals surface area (Å²) in [5.74, 6) is -0.0828. The van der Waals surface area contributed by atoms with Crippen LogP contribution in [0.25, 0.3) is 11.5 Å². The van der Waals surface area contributed by atoms with Crippen LogP contribution in [0.2, 0.25) is 0 Å². The number of benzene rings is 2. The second-order valence-electron chi connectivity index (χ2n) is 5.60. The van der Waals surface area contributed by atoms with E-state index in [1.807, 2.05) is 37.3 Å². The minimum atomic E-state index is -0.350. The molecule has 0 spiro atoms. The molecule has 0 aliphatic heterocycles. The van der Waals surface area contributed by atoms with Crippen molar-refractivity contribution in [2.24, 2.45) is 0 Å². The lowest BCUT2D eigenvalue weighted by molar-refractivity contribution is -0.122. The van der Waals surface area contributed by atoms with E-state index in [0.717, 1.165) is 11.1 Å². The fourth-order valence-electron chi connectivity index (χ4n) is 2.58. The highest BCUT2D eigenvalue weighted by Crippen LogP contribution is 2.21. The van der Waals surface area contributed by atoms with Crippen LogP contribution in [0.3, 0.4) is 0 Å². The largest absolute Gasteiger partial charge is 0.419 e. The summed E-state index contributed by atoms with van der Waals surface area (Å²) in [5, 5.41) is 10.7. The molecule has 0 bridgehead atoms. The number of nitrogens with zero attached hydrogens (tertiary/aromatic N) is 2. The summed E-state index contributed by atoms with van der Waals surface area (Å²) in [6.45, 7) is 2.06. The van der Waals surface area contributed by atoms with Gasteiger partial charge in [0.05, 0.1) is 12.5 Å². The Bertz CT molecular complexity index is 831. The number of hydrogen-bond donors (Lipinski definition) is 1. The average molecular weight is 339 g/mol. The minimum Gasteiger partial charge on any atom is -0.419 e. The van der Waals surface area contributed by atoms with Gasteiger partial charge >= 0.3 is 0 Å². The molecule has 1 N–H and O–H groups in total. The van der Waals surface area contributed by atoms with Crippen molar-refractivity contribution in [1.29, 1.82) is 0 Å². The summed E-state index contributed by atoms with van der Waals surface area (Å²) < 4.78 is 18.6. The lowest BCUT2D eigenvalue weighted by Crippen LogP contribution is -2.28. The molecule has 1 amide bonds. The van der Waals surface area contributed by atoms with Crippen molar-refractivity contribution in [1.82, 2.24) is 15.5 Å². The zero-order chi connectivity index (χ0) is 17.6. The molecule has 6 heteroatoms. The van der Waals surface area contributed by atoms with Gasteiger partial charge in [0.1, 0.15) is 5.82 Å². The molecule has 1 heterocycles. The molecule has 5 nitrogen and oxygen atoms in total. The Balaban J connectivity index is 1.63. The van der Waals surface area contributed by atoms with Crippen LogP contribution >= 0.6 is 0 Å². The molecule has 3 rings (SSSR count). The Morgan fingerprint density at radius 2 is 1.84 bits per heavy atom. The highest BCUT2D eigenvalue weighted by molar-refractivity contribution is 5.83. The number of amides is 1. The first-order chi connectivity index (χ1) is 12.2. The quantitative estimate of drug-likeness (QED) is 0.744. The maximum atomic E-state index is 13.0. The molecule has 1 atom stereocenters. The second kappa shape index (κ2) is 7.70. The molecule has 128 valence electrons. The number of halogens is 1. The van der Waals surface area contributed by atoms with Crippen LogP contribution in [0.15, 0.2) is 59.0 Å². The van der Waals surface area contributed by atoms with Crippen LogP contribution in [-0.4, -0.2) is 16.1 Å². The molecule has 0 radical (unpaired) electrons. The van der Waals surface area contributed by atoms with Gasteiger partial charge in [0, 0.05) is 5.56 Å². The van der Waals surface area contributed by atoms with Crippen LogP contribution in [0.4, 0.5) is 4.39 Å². The molecule has 2 aromatic carbocycles. The summed E-state index contributed by atoms with van der Waals surface area (Å²) in [7, 11) is 0. The van der Waals surface area contributed by atoms with Crippen molar-refractivity contribution < 1.29 is 13.6 Å². The zero-order valence-corrected chi connectivity index (χ0v) is 13.8. The number of rotatable bonds is 6. The maximum absolute atomic E-state index is 13.0. The maximum Gasteiger partial charge on any atom is 0.247 e. The van der Waals surface area contributed by atoms with Crippen LogP contribution in [0.5, 0.6) is 0 Å². The van der Waals surface area contributed by atoms with Gasteiger partial charge in [-0.05, 0) is 36.2 Å². The number of carbonyl (C=O) groups is 1. The van der Waals surface area contributed by atoms with Gasteiger partial charge in [0.25, 0.3) is 0 Å². The first-order valence-electron chi connectivity index (χ1n) is 8.08. The van der Waals surface area contributed by atoms with Crippen LogP contribution < -0.4 is 5.32 Å². The zero-order valence-electron chi connectivity index (χ0n) is 13.8. The monoisotopic (exact) mass is 339 g/mol. The Morgan fingerprint density at radius 1 is 1.12 bits per heavy atom. The normalized spacial score (nSPS) is 11.9. The molecule has 1 unspecified atom stereocenters. The van der Waals surface area contributed by atoms with E-state index in [2.05, 4.69) is 15.5 Å². The Morgan fingerprint density at radius 3 is 2.52 bits per heavy atom. The van der Waals surface area contributed by atoms with E-state index < -0.39 is 0 Å². The minimum absolute atomic E-state index is 0.149. The van der Waals surface area contributed by atoms with E-state index in [1.165, 1.54) is 12.1 Å². The summed E-state index contributed by atoms with van der Waals surface area (Å²) >= 11 is 0. The van der Waals surface area contributed by atoms with Crippen LogP contribution in [0.1, 0.15) is 30.7 Å². The standard InChI is InChI=1S/C19H18FN3O2/c1-2-16(13-8-10-15(20)11-9-13)18(24)21-12-17-22-23-19(25-17)14-6-4-3-5-7-14/h3-11,16H,2,12H2,1H3,(H,21,24). The molecule has 0 fully saturated rings. The van der Waals surface area contributed by atoms with Gasteiger partial charge in [0.15, 0.2) is 0 Å². The van der Waals surface area contributed by atoms with Crippen molar-refractivity contribution in [2.75, 3.05) is 0 Å². The van der Waals surface area contributed by atoms with Gasteiger partial charge in [0.2, 0.25) is 17.7 Å². The first kappa shape index (κ1) is 16.8. The van der Waals surface area contributed by atoms with E-state index in [-0.39, 0.29) is 24.2 Å². The van der Waals surface area contributed by atoms with E-state index >= 15 is 0 Å². The topological polar surface area (TPSA) is 68.0 Å². The van der Waals surface area contributed by atoms with Gasteiger partial charge in [-0.25, -0.2) is 4.39 Å². The lowest BCUT2D eigenvalue weighted by Gasteiger charge is -2.14. The summed E-state index contributed by atoms with van der Waals surface area (Å²) in [6.07, 6.45) is 0.608. The summed E-state index contributed by atoms with van der Waals surface area (Å²) in [5.41, 5.74) is 1.60. The third-order valence-corrected chi connectivity index (χ3v) is 3.90. The summed E-state index contributed by atoms with van der Waals surface area (Å²) in [6, 6.07) is 15.4. The van der Waals surface area contributed by atoms with Gasteiger partial charge in [-0.2, -0.15) is 0 Å². The number of carbonyl (C=O) groups excluding carboxylic acids is 1. The first-order valence-corrected chi connectivity index (χ1v) is 8.08. The third kappa shape index (κ3) is 4.09. The van der Waals surface area contributed by atoms with Crippen molar-refractivity contribution in [3.8, 4) is 11.5 Å². The molecule has 1 aromatic heterocycles. The van der Waals surface area contributed by atoms with Crippen molar-refractivity contribution >= 4 is 5.91 Å². The third-order valence-electron chi connectivity index (χ3n) is 3.90. The predicted octanol–water partition coefficient (Wildman–Crippen LogP) is 3.69. The van der Waals surface area contributed by atoms with Gasteiger partial charge in [-0.1, -0.05) is 37.3 Å². The van der Waals surface area contributed by atoms with E-state index in [0.29, 0.717) is 18.2 Å². The van der Waals surface area contributed by atoms with E-state index in [9.17, 15) is 9.18 Å². The molecule has 0 aliphatic rings. The van der Waals surface area contributed by atoms with Crippen LogP contribution in [-0.2, 0) is 11.3 Å². The molecular weight excluding hydrogens is 321 g/mol. The fourth-order valence-corrected chi connectivity index (χ4v) is 2.58.